The molecule has 0 aromatic heterocycles. The Labute approximate surface area is 126 Å². The van der Waals surface area contributed by atoms with Crippen molar-refractivity contribution in [2.75, 3.05) is 6.61 Å². The minimum atomic E-state index is -0.0597. The summed E-state index contributed by atoms with van der Waals surface area (Å²) < 4.78 is 5.24. The molecule has 0 aliphatic rings. The van der Waals surface area contributed by atoms with Crippen molar-refractivity contribution in [2.24, 2.45) is 5.92 Å². The molecule has 2 nitrogen and oxygen atoms in total. The highest BCUT2D eigenvalue weighted by molar-refractivity contribution is 5.68. The van der Waals surface area contributed by atoms with Gasteiger partial charge in [0, 0.05) is 6.42 Å². The molecule has 0 aliphatic heterocycles. The summed E-state index contributed by atoms with van der Waals surface area (Å²) >= 11 is 0. The highest BCUT2D eigenvalue weighted by Gasteiger charge is 2.08. The number of hydrogen-bond donors (Lipinski definition) is 0. The van der Waals surface area contributed by atoms with Crippen LogP contribution in [0.5, 0.6) is 0 Å². The van der Waals surface area contributed by atoms with Crippen molar-refractivity contribution in [1.82, 2.24) is 0 Å². The summed E-state index contributed by atoms with van der Waals surface area (Å²) in [5.74, 6) is 0.505. The zero-order valence-corrected chi connectivity index (χ0v) is 14.1. The van der Waals surface area contributed by atoms with Gasteiger partial charge >= 0.3 is 5.97 Å². The van der Waals surface area contributed by atoms with Gasteiger partial charge in [-0.05, 0) is 12.3 Å². The quantitative estimate of drug-likeness (QED) is 0.294. The summed E-state index contributed by atoms with van der Waals surface area (Å²) in [5.41, 5.74) is 0. The summed E-state index contributed by atoms with van der Waals surface area (Å²) in [5, 5.41) is 0. The van der Waals surface area contributed by atoms with E-state index in [2.05, 4.69) is 13.8 Å². The maximum atomic E-state index is 11.1. The number of hydrogen-bond acceptors (Lipinski definition) is 2. The van der Waals surface area contributed by atoms with Gasteiger partial charge in [0.1, 0.15) is 0 Å². The predicted molar refractivity (Wildman–Crippen MR) is 86.9 cm³/mol. The van der Waals surface area contributed by atoms with Crippen LogP contribution in [0.15, 0.2) is 0 Å². The minimum Gasteiger partial charge on any atom is -0.465 e. The molecule has 0 bridgehead atoms. The molecule has 0 aliphatic carbocycles. The molecular weight excluding hydrogens is 248 g/mol. The molecule has 0 rings (SSSR count). The fourth-order valence-electron chi connectivity index (χ4n) is 2.46. The Hall–Kier alpha value is -0.530. The lowest BCUT2D eigenvalue weighted by Crippen LogP contribution is -2.13. The molecule has 0 aromatic rings. The Morgan fingerprint density at radius 1 is 0.850 bits per heavy atom. The molecule has 0 aromatic carbocycles. The van der Waals surface area contributed by atoms with Gasteiger partial charge in [0.25, 0.3) is 0 Å². The molecule has 20 heavy (non-hydrogen) atoms. The van der Waals surface area contributed by atoms with Crippen molar-refractivity contribution < 1.29 is 9.53 Å². The molecule has 1 atom stereocenters. The topological polar surface area (TPSA) is 26.3 Å². The van der Waals surface area contributed by atoms with Gasteiger partial charge in [-0.1, -0.05) is 85.0 Å². The van der Waals surface area contributed by atoms with Gasteiger partial charge < -0.3 is 4.74 Å². The second kappa shape index (κ2) is 14.9. The Balaban J connectivity index is 3.35. The van der Waals surface area contributed by atoms with Crippen LogP contribution in [-0.4, -0.2) is 12.6 Å². The third kappa shape index (κ3) is 12.5. The third-order valence-corrected chi connectivity index (χ3v) is 4.06. The van der Waals surface area contributed by atoms with Crippen LogP contribution < -0.4 is 0 Å². The lowest BCUT2D eigenvalue weighted by molar-refractivity contribution is -0.144. The van der Waals surface area contributed by atoms with E-state index >= 15 is 0 Å². The van der Waals surface area contributed by atoms with Crippen LogP contribution in [0.1, 0.15) is 97.8 Å². The fourth-order valence-corrected chi connectivity index (χ4v) is 2.46. The van der Waals surface area contributed by atoms with Crippen molar-refractivity contribution in [1.29, 1.82) is 0 Å². The zero-order chi connectivity index (χ0) is 15.1. The Morgan fingerprint density at radius 3 is 1.90 bits per heavy atom. The number of ether oxygens (including phenoxy) is 1. The molecule has 0 saturated heterocycles. The maximum absolute atomic E-state index is 11.1. The Morgan fingerprint density at radius 2 is 1.40 bits per heavy atom. The van der Waals surface area contributed by atoms with Crippen LogP contribution >= 0.6 is 0 Å². The first-order valence-electron chi connectivity index (χ1n) is 8.90. The highest BCUT2D eigenvalue weighted by atomic mass is 16.5. The lowest BCUT2D eigenvalue weighted by Gasteiger charge is -2.14. The van der Waals surface area contributed by atoms with Crippen molar-refractivity contribution >= 4 is 5.97 Å². The normalized spacial score (nSPS) is 12.3. The van der Waals surface area contributed by atoms with Crippen LogP contribution in [0, 0.1) is 5.92 Å². The average Bonchev–Trinajstić information content (AvgIpc) is 2.48. The van der Waals surface area contributed by atoms with Gasteiger partial charge in [0.2, 0.25) is 0 Å². The smallest absolute Gasteiger partial charge is 0.305 e. The van der Waals surface area contributed by atoms with E-state index in [9.17, 15) is 4.79 Å². The zero-order valence-electron chi connectivity index (χ0n) is 14.1. The molecule has 0 radical (unpaired) electrons. The Bertz CT molecular complexity index is 213. The van der Waals surface area contributed by atoms with Crippen molar-refractivity contribution in [2.45, 2.75) is 97.8 Å². The van der Waals surface area contributed by atoms with Crippen LogP contribution in [0.2, 0.25) is 0 Å². The molecule has 0 saturated carbocycles. The van der Waals surface area contributed by atoms with Crippen LogP contribution in [-0.2, 0) is 9.53 Å². The average molecular weight is 284 g/mol. The fraction of sp³-hybridized carbons (Fsp3) is 0.944. The Kier molecular flexibility index (Phi) is 14.5. The SMILES string of the molecule is CCCCCCCCCCCC(CC)COC(=O)CC. The first-order chi connectivity index (χ1) is 9.74. The van der Waals surface area contributed by atoms with Gasteiger partial charge in [-0.25, -0.2) is 0 Å². The molecule has 2 heteroatoms. The van der Waals surface area contributed by atoms with E-state index < -0.39 is 0 Å². The highest BCUT2D eigenvalue weighted by Crippen LogP contribution is 2.16. The summed E-state index contributed by atoms with van der Waals surface area (Å²) in [4.78, 5) is 11.1. The molecule has 0 N–H and O–H groups in total. The van der Waals surface area contributed by atoms with E-state index in [1.54, 1.807) is 0 Å². The van der Waals surface area contributed by atoms with E-state index in [0.29, 0.717) is 18.9 Å². The molecule has 0 amide bonds. The van der Waals surface area contributed by atoms with Gasteiger partial charge in [-0.15, -0.1) is 0 Å². The van der Waals surface area contributed by atoms with Gasteiger partial charge in [0.05, 0.1) is 6.61 Å². The molecule has 0 spiro atoms. The van der Waals surface area contributed by atoms with Crippen molar-refractivity contribution in [3.63, 3.8) is 0 Å². The molecule has 0 fully saturated rings. The van der Waals surface area contributed by atoms with E-state index in [-0.39, 0.29) is 5.97 Å². The first kappa shape index (κ1) is 19.5. The number of esters is 1. The number of rotatable bonds is 14. The molecule has 120 valence electrons. The van der Waals surface area contributed by atoms with Crippen LogP contribution in [0.4, 0.5) is 0 Å². The minimum absolute atomic E-state index is 0.0597. The van der Waals surface area contributed by atoms with Crippen molar-refractivity contribution in [3.05, 3.63) is 0 Å². The van der Waals surface area contributed by atoms with Crippen LogP contribution in [0.3, 0.4) is 0 Å². The monoisotopic (exact) mass is 284 g/mol. The van der Waals surface area contributed by atoms with Gasteiger partial charge in [-0.3, -0.25) is 4.79 Å². The maximum Gasteiger partial charge on any atom is 0.305 e. The number of carbonyl (C=O) groups is 1. The second-order valence-electron chi connectivity index (χ2n) is 5.93. The summed E-state index contributed by atoms with van der Waals surface area (Å²) in [7, 11) is 0. The predicted octanol–water partition coefficient (Wildman–Crippen LogP) is 5.89. The van der Waals surface area contributed by atoms with Crippen molar-refractivity contribution in [3.8, 4) is 0 Å². The van der Waals surface area contributed by atoms with E-state index in [1.165, 1.54) is 64.2 Å². The second-order valence-corrected chi connectivity index (χ2v) is 5.93. The molecular formula is C18H36O2. The molecule has 0 heterocycles. The van der Waals surface area contributed by atoms with E-state index in [0.717, 1.165) is 6.42 Å². The summed E-state index contributed by atoms with van der Waals surface area (Å²) in [6.45, 7) is 6.93. The standard InChI is InChI=1S/C18H36O2/c1-4-7-8-9-10-11-12-13-14-15-17(5-2)16-20-18(19)6-3/h17H,4-16H2,1-3H3. The number of unbranched alkanes of at least 4 members (excludes halogenated alkanes) is 8. The van der Waals surface area contributed by atoms with Gasteiger partial charge in [0.15, 0.2) is 0 Å². The number of carbonyl (C=O) groups excluding carboxylic acids is 1. The lowest BCUT2D eigenvalue weighted by atomic mass is 9.98. The largest absolute Gasteiger partial charge is 0.465 e. The van der Waals surface area contributed by atoms with E-state index in [1.807, 2.05) is 6.92 Å². The van der Waals surface area contributed by atoms with Gasteiger partial charge in [-0.2, -0.15) is 0 Å². The summed E-state index contributed by atoms with van der Waals surface area (Å²) in [6.07, 6.45) is 15.2. The first-order valence-corrected chi connectivity index (χ1v) is 8.90. The third-order valence-electron chi connectivity index (χ3n) is 4.06. The summed E-state index contributed by atoms with van der Waals surface area (Å²) in [6, 6.07) is 0. The molecule has 1 unspecified atom stereocenters. The van der Waals surface area contributed by atoms with E-state index in [4.69, 9.17) is 4.74 Å². The van der Waals surface area contributed by atoms with Crippen LogP contribution in [0.25, 0.3) is 0 Å².